The van der Waals surface area contributed by atoms with Crippen LogP contribution in [0.25, 0.3) is 0 Å². The molecule has 1 atom stereocenters. The Morgan fingerprint density at radius 2 is 2.00 bits per heavy atom. The van der Waals surface area contributed by atoms with Crippen molar-refractivity contribution in [3.63, 3.8) is 0 Å². The van der Waals surface area contributed by atoms with Crippen LogP contribution in [0.4, 0.5) is 0 Å². The van der Waals surface area contributed by atoms with Crippen molar-refractivity contribution in [1.82, 2.24) is 4.31 Å². The van der Waals surface area contributed by atoms with E-state index in [1.165, 1.54) is 18.8 Å². The Balaban J connectivity index is 3.42. The molecule has 9 heteroatoms. The molecule has 0 fully saturated rings. The molecule has 0 aromatic heterocycles. The van der Waals surface area contributed by atoms with Gasteiger partial charge in [0.05, 0.1) is 10.6 Å². The predicted octanol–water partition coefficient (Wildman–Crippen LogP) is 3.06. The number of hydrogen-bond donors (Lipinski definition) is 1. The molecule has 0 saturated heterocycles. The molecule has 0 spiro atoms. The van der Waals surface area contributed by atoms with Gasteiger partial charge in [-0.15, -0.1) is 0 Å². The van der Waals surface area contributed by atoms with Gasteiger partial charge in [-0.2, -0.15) is 16.1 Å². The Hall–Kier alpha value is -0.470. The van der Waals surface area contributed by atoms with E-state index in [9.17, 15) is 13.2 Å². The maximum Gasteiger partial charge on any atom is 0.337 e. The average Bonchev–Trinajstić information content (AvgIpc) is 2.39. The van der Waals surface area contributed by atoms with Crippen molar-refractivity contribution in [2.75, 3.05) is 19.1 Å². The van der Waals surface area contributed by atoms with Crippen LogP contribution in [0.1, 0.15) is 17.3 Å². The smallest absolute Gasteiger partial charge is 0.337 e. The third-order valence-electron chi connectivity index (χ3n) is 2.92. The maximum atomic E-state index is 12.6. The second kappa shape index (κ2) is 7.19. The van der Waals surface area contributed by atoms with Crippen molar-refractivity contribution in [3.8, 4) is 0 Å². The number of carboxylic acid groups (broad SMARTS) is 1. The third-order valence-corrected chi connectivity index (χ3v) is 6.47. The number of sulfonamides is 1. The summed E-state index contributed by atoms with van der Waals surface area (Å²) in [6.45, 7) is 1.75. The lowest BCUT2D eigenvalue weighted by Crippen LogP contribution is -2.36. The predicted molar refractivity (Wildman–Crippen MR) is 86.2 cm³/mol. The zero-order chi connectivity index (χ0) is 16.4. The van der Waals surface area contributed by atoms with Crippen molar-refractivity contribution in [3.05, 3.63) is 27.7 Å². The Kier molecular flexibility index (Phi) is 6.36. The van der Waals surface area contributed by atoms with Crippen LogP contribution in [0.2, 0.25) is 10.0 Å². The number of halogens is 2. The van der Waals surface area contributed by atoms with Crippen molar-refractivity contribution in [1.29, 1.82) is 0 Å². The van der Waals surface area contributed by atoms with Crippen molar-refractivity contribution >= 4 is 51.0 Å². The van der Waals surface area contributed by atoms with Gasteiger partial charge in [0.2, 0.25) is 10.0 Å². The first-order valence-corrected chi connectivity index (χ1v) is 9.41. The van der Waals surface area contributed by atoms with E-state index >= 15 is 0 Å². The zero-order valence-corrected chi connectivity index (χ0v) is 14.8. The lowest BCUT2D eigenvalue weighted by atomic mass is 10.2. The van der Waals surface area contributed by atoms with Crippen LogP contribution in [-0.2, 0) is 10.0 Å². The molecule has 0 bridgehead atoms. The minimum atomic E-state index is -3.93. The van der Waals surface area contributed by atoms with Gasteiger partial charge in [-0.05, 0) is 25.3 Å². The second-order valence-corrected chi connectivity index (χ2v) is 8.09. The normalized spacial score (nSPS) is 13.4. The first kappa shape index (κ1) is 18.6. The van der Waals surface area contributed by atoms with Crippen molar-refractivity contribution < 1.29 is 18.3 Å². The SMILES string of the molecule is CSCC(C)N(C)S(=O)(=O)c1cc(Cl)cc(C(=O)O)c1Cl. The lowest BCUT2D eigenvalue weighted by molar-refractivity contribution is 0.0697. The molecule has 0 aliphatic rings. The number of thioether (sulfide) groups is 1. The summed E-state index contributed by atoms with van der Waals surface area (Å²) < 4.78 is 26.3. The first-order valence-electron chi connectivity index (χ1n) is 5.82. The number of rotatable bonds is 6. The van der Waals surface area contributed by atoms with Crippen LogP contribution in [0.5, 0.6) is 0 Å². The van der Waals surface area contributed by atoms with Crippen LogP contribution in [-0.4, -0.2) is 48.9 Å². The second-order valence-electron chi connectivity index (χ2n) is 4.40. The van der Waals surface area contributed by atoms with Crippen LogP contribution in [0.3, 0.4) is 0 Å². The van der Waals surface area contributed by atoms with Crippen LogP contribution < -0.4 is 0 Å². The van der Waals surface area contributed by atoms with E-state index in [0.29, 0.717) is 5.75 Å². The maximum absolute atomic E-state index is 12.6. The summed E-state index contributed by atoms with van der Waals surface area (Å²) >= 11 is 13.2. The van der Waals surface area contributed by atoms with E-state index in [0.717, 1.165) is 16.4 Å². The molecule has 0 heterocycles. The third kappa shape index (κ3) is 4.04. The van der Waals surface area contributed by atoms with Gasteiger partial charge in [-0.1, -0.05) is 23.2 Å². The molecule has 118 valence electrons. The average molecular weight is 372 g/mol. The summed E-state index contributed by atoms with van der Waals surface area (Å²) in [5, 5.41) is 8.72. The van der Waals surface area contributed by atoms with E-state index < -0.39 is 16.0 Å². The number of benzene rings is 1. The fraction of sp³-hybridized carbons (Fsp3) is 0.417. The van der Waals surface area contributed by atoms with Gasteiger partial charge in [-0.3, -0.25) is 0 Å². The van der Waals surface area contributed by atoms with Gasteiger partial charge in [0.1, 0.15) is 4.90 Å². The molecule has 0 aliphatic heterocycles. The first-order chi connectivity index (χ1) is 9.62. The Morgan fingerprint density at radius 1 is 1.43 bits per heavy atom. The fourth-order valence-electron chi connectivity index (χ4n) is 1.65. The Morgan fingerprint density at radius 3 is 2.48 bits per heavy atom. The number of carboxylic acids is 1. The summed E-state index contributed by atoms with van der Waals surface area (Å²) in [5.41, 5.74) is -0.339. The summed E-state index contributed by atoms with van der Waals surface area (Å²) in [6.07, 6.45) is 1.87. The van der Waals surface area contributed by atoms with E-state index in [1.807, 2.05) is 6.26 Å². The van der Waals surface area contributed by atoms with Gasteiger partial charge in [-0.25, -0.2) is 13.2 Å². The van der Waals surface area contributed by atoms with E-state index in [4.69, 9.17) is 28.3 Å². The standard InChI is InChI=1S/C12H15Cl2NO4S2/c1-7(6-20-3)15(2)21(18,19)10-5-8(13)4-9(11(10)14)12(16)17/h4-5,7H,6H2,1-3H3,(H,16,17). The quantitative estimate of drug-likeness (QED) is 0.831. The largest absolute Gasteiger partial charge is 0.478 e. The van der Waals surface area contributed by atoms with E-state index in [1.54, 1.807) is 6.92 Å². The summed E-state index contributed by atoms with van der Waals surface area (Å²) in [6, 6.07) is 2.01. The molecule has 1 rings (SSSR count). The number of nitrogens with zero attached hydrogens (tertiary/aromatic N) is 1. The molecule has 0 amide bonds. The van der Waals surface area contributed by atoms with Crippen molar-refractivity contribution in [2.45, 2.75) is 17.9 Å². The number of hydrogen-bond acceptors (Lipinski definition) is 4. The molecule has 0 aliphatic carbocycles. The molecule has 1 N–H and O–H groups in total. The molecule has 21 heavy (non-hydrogen) atoms. The Bertz CT molecular complexity index is 649. The molecular weight excluding hydrogens is 357 g/mol. The monoisotopic (exact) mass is 371 g/mol. The molecule has 1 aromatic carbocycles. The summed E-state index contributed by atoms with van der Waals surface area (Å²) in [4.78, 5) is 10.8. The Labute approximate surface area is 138 Å². The van der Waals surface area contributed by atoms with Crippen LogP contribution in [0, 0.1) is 0 Å². The highest BCUT2D eigenvalue weighted by Crippen LogP contribution is 2.32. The number of aromatic carboxylic acids is 1. The summed E-state index contributed by atoms with van der Waals surface area (Å²) in [5.74, 6) is -0.738. The molecule has 1 unspecified atom stereocenters. The van der Waals surface area contributed by atoms with Crippen LogP contribution >= 0.6 is 35.0 Å². The minimum Gasteiger partial charge on any atom is -0.478 e. The molecular formula is C12H15Cl2NO4S2. The molecule has 0 saturated carbocycles. The van der Waals surface area contributed by atoms with E-state index in [2.05, 4.69) is 0 Å². The highest BCUT2D eigenvalue weighted by molar-refractivity contribution is 7.98. The van der Waals surface area contributed by atoms with Crippen molar-refractivity contribution in [2.24, 2.45) is 0 Å². The van der Waals surface area contributed by atoms with Gasteiger partial charge in [0.25, 0.3) is 0 Å². The van der Waals surface area contributed by atoms with Crippen LogP contribution in [0.15, 0.2) is 17.0 Å². The van der Waals surface area contributed by atoms with Gasteiger partial charge in [0.15, 0.2) is 0 Å². The minimum absolute atomic E-state index is 0.00120. The molecule has 1 aromatic rings. The summed E-state index contributed by atoms with van der Waals surface area (Å²) in [7, 11) is -2.50. The molecule has 5 nitrogen and oxygen atoms in total. The van der Waals surface area contributed by atoms with Gasteiger partial charge >= 0.3 is 5.97 Å². The lowest BCUT2D eigenvalue weighted by Gasteiger charge is -2.24. The van der Waals surface area contributed by atoms with E-state index in [-0.39, 0.29) is 26.5 Å². The zero-order valence-electron chi connectivity index (χ0n) is 11.6. The van der Waals surface area contributed by atoms with Gasteiger partial charge in [0, 0.05) is 23.9 Å². The van der Waals surface area contributed by atoms with Gasteiger partial charge < -0.3 is 5.11 Å². The highest BCUT2D eigenvalue weighted by atomic mass is 35.5. The highest BCUT2D eigenvalue weighted by Gasteiger charge is 2.30. The topological polar surface area (TPSA) is 74.7 Å². The molecule has 0 radical (unpaired) electrons. The number of carbonyl (C=O) groups is 1. The fourth-order valence-corrected chi connectivity index (χ4v) is 4.68.